The molecule has 1 aromatic rings. The van der Waals surface area contributed by atoms with Crippen LogP contribution in [0.2, 0.25) is 0 Å². The fraction of sp³-hybridized carbons (Fsp3) is 0.737. The van der Waals surface area contributed by atoms with Gasteiger partial charge in [0.1, 0.15) is 5.76 Å². The summed E-state index contributed by atoms with van der Waals surface area (Å²) in [5.41, 5.74) is 0.139. The molecule has 0 radical (unpaired) electrons. The molecule has 2 heterocycles. The number of nitrogens with zero attached hydrogens (tertiary/aromatic N) is 1. The maximum absolute atomic E-state index is 6.14. The van der Waals surface area contributed by atoms with Crippen LogP contribution in [-0.4, -0.2) is 37.3 Å². The molecule has 1 aliphatic heterocycles. The quantitative estimate of drug-likeness (QED) is 0.384. The van der Waals surface area contributed by atoms with E-state index in [1.165, 1.54) is 25.7 Å². The van der Waals surface area contributed by atoms with Crippen molar-refractivity contribution in [2.75, 3.05) is 19.7 Å². The van der Waals surface area contributed by atoms with Crippen LogP contribution in [0, 0.1) is 0 Å². The zero-order valence-corrected chi connectivity index (χ0v) is 17.6. The largest absolute Gasteiger partial charge is 0.469 e. The third kappa shape index (κ3) is 6.16. The van der Waals surface area contributed by atoms with Gasteiger partial charge in [0, 0.05) is 32.2 Å². The van der Waals surface area contributed by atoms with Gasteiger partial charge in [0.2, 0.25) is 0 Å². The molecule has 0 bridgehead atoms. The van der Waals surface area contributed by atoms with E-state index in [1.54, 1.807) is 6.26 Å². The van der Waals surface area contributed by atoms with Crippen LogP contribution in [0.3, 0.4) is 0 Å². The van der Waals surface area contributed by atoms with Gasteiger partial charge >= 0.3 is 0 Å². The van der Waals surface area contributed by atoms with Gasteiger partial charge in [-0.1, -0.05) is 19.8 Å². The number of hydrogen-bond acceptors (Lipinski definition) is 3. The van der Waals surface area contributed by atoms with Crippen molar-refractivity contribution in [2.24, 2.45) is 4.99 Å². The lowest BCUT2D eigenvalue weighted by molar-refractivity contribution is -0.0815. The molecule has 1 atom stereocenters. The monoisotopic (exact) mass is 461 g/mol. The fourth-order valence-corrected chi connectivity index (χ4v) is 3.85. The number of hydrogen-bond donors (Lipinski definition) is 2. The molecule has 3 rings (SSSR count). The molecule has 1 saturated heterocycles. The van der Waals surface area contributed by atoms with E-state index < -0.39 is 0 Å². The molecule has 0 amide bonds. The Morgan fingerprint density at radius 3 is 2.92 bits per heavy atom. The van der Waals surface area contributed by atoms with Gasteiger partial charge in [-0.2, -0.15) is 0 Å². The molecule has 6 heteroatoms. The van der Waals surface area contributed by atoms with Crippen LogP contribution in [-0.2, 0) is 11.2 Å². The van der Waals surface area contributed by atoms with Gasteiger partial charge in [-0.3, -0.25) is 4.99 Å². The van der Waals surface area contributed by atoms with Gasteiger partial charge in [0.25, 0.3) is 0 Å². The summed E-state index contributed by atoms with van der Waals surface area (Å²) in [4.78, 5) is 4.69. The van der Waals surface area contributed by atoms with Crippen molar-refractivity contribution < 1.29 is 9.15 Å². The van der Waals surface area contributed by atoms with Gasteiger partial charge in [0.05, 0.1) is 11.9 Å². The molecule has 1 saturated carbocycles. The normalized spacial score (nSPS) is 22.6. The van der Waals surface area contributed by atoms with Crippen LogP contribution in [0.1, 0.15) is 57.6 Å². The maximum Gasteiger partial charge on any atom is 0.191 e. The molecule has 0 aromatic carbocycles. The number of rotatable bonds is 6. The van der Waals surface area contributed by atoms with E-state index in [0.29, 0.717) is 6.04 Å². The smallest absolute Gasteiger partial charge is 0.191 e. The van der Waals surface area contributed by atoms with Crippen molar-refractivity contribution in [1.82, 2.24) is 10.6 Å². The summed E-state index contributed by atoms with van der Waals surface area (Å²) in [5.74, 6) is 1.94. The average Bonchev–Trinajstić information content (AvgIpc) is 3.25. The molecule has 25 heavy (non-hydrogen) atoms. The minimum absolute atomic E-state index is 0. The first-order chi connectivity index (χ1) is 11.8. The molecule has 1 spiro atoms. The lowest BCUT2D eigenvalue weighted by Crippen LogP contribution is -2.51. The minimum atomic E-state index is 0. The highest BCUT2D eigenvalue weighted by Gasteiger charge is 2.40. The highest BCUT2D eigenvalue weighted by Crippen LogP contribution is 2.39. The lowest BCUT2D eigenvalue weighted by atomic mass is 9.89. The number of guanidine groups is 1. The van der Waals surface area contributed by atoms with Crippen molar-refractivity contribution in [3.63, 3.8) is 0 Å². The molecule has 1 aliphatic carbocycles. The first-order valence-corrected chi connectivity index (χ1v) is 9.51. The van der Waals surface area contributed by atoms with Crippen LogP contribution in [0.4, 0.5) is 0 Å². The van der Waals surface area contributed by atoms with Crippen molar-refractivity contribution in [1.29, 1.82) is 0 Å². The summed E-state index contributed by atoms with van der Waals surface area (Å²) < 4.78 is 11.5. The second kappa shape index (κ2) is 10.4. The van der Waals surface area contributed by atoms with Crippen LogP contribution in [0.25, 0.3) is 0 Å². The summed E-state index contributed by atoms with van der Waals surface area (Å²) in [6.45, 7) is 4.71. The minimum Gasteiger partial charge on any atom is -0.469 e. The van der Waals surface area contributed by atoms with Crippen molar-refractivity contribution in [2.45, 2.75) is 69.9 Å². The maximum atomic E-state index is 6.14. The van der Waals surface area contributed by atoms with Crippen LogP contribution in [0.5, 0.6) is 0 Å². The summed E-state index contributed by atoms with van der Waals surface area (Å²) in [7, 11) is 0. The molecule has 142 valence electrons. The first kappa shape index (κ1) is 20.6. The van der Waals surface area contributed by atoms with E-state index in [9.17, 15) is 0 Å². The van der Waals surface area contributed by atoms with E-state index in [2.05, 4.69) is 17.6 Å². The van der Waals surface area contributed by atoms with Gasteiger partial charge in [-0.25, -0.2) is 0 Å². The average molecular weight is 461 g/mol. The zero-order valence-electron chi connectivity index (χ0n) is 15.3. The SMILES string of the molecule is CCCN=C(NCCc1ccco1)NC1CCOC2(CCCC2)C1.I. The van der Waals surface area contributed by atoms with Gasteiger partial charge in [-0.05, 0) is 44.2 Å². The Morgan fingerprint density at radius 2 is 2.20 bits per heavy atom. The predicted octanol–water partition coefficient (Wildman–Crippen LogP) is 3.88. The van der Waals surface area contributed by atoms with Gasteiger partial charge in [0.15, 0.2) is 5.96 Å². The zero-order chi connectivity index (χ0) is 16.7. The molecular formula is C19H32IN3O2. The van der Waals surface area contributed by atoms with Crippen molar-refractivity contribution in [3.8, 4) is 0 Å². The summed E-state index contributed by atoms with van der Waals surface area (Å²) in [6.07, 6.45) is 10.9. The van der Waals surface area contributed by atoms with Gasteiger partial charge < -0.3 is 19.8 Å². The Hall–Kier alpha value is -0.760. The second-order valence-corrected chi connectivity index (χ2v) is 7.06. The molecular weight excluding hydrogens is 429 g/mol. The summed E-state index contributed by atoms with van der Waals surface area (Å²) in [5, 5.41) is 7.11. The third-order valence-electron chi connectivity index (χ3n) is 5.09. The molecule has 2 fully saturated rings. The second-order valence-electron chi connectivity index (χ2n) is 7.06. The number of furan rings is 1. The van der Waals surface area contributed by atoms with E-state index in [0.717, 1.165) is 57.1 Å². The molecule has 1 aromatic heterocycles. The molecule has 5 nitrogen and oxygen atoms in total. The number of halogens is 1. The Bertz CT molecular complexity index is 513. The fourth-order valence-electron chi connectivity index (χ4n) is 3.85. The van der Waals surface area contributed by atoms with Crippen LogP contribution < -0.4 is 10.6 Å². The standard InChI is InChI=1S/C19H31N3O2.HI/c1-2-11-20-18(21-12-7-17-6-5-13-23-17)22-16-8-14-24-19(15-16)9-3-4-10-19;/h5-6,13,16H,2-4,7-12,14-15H2,1H3,(H2,20,21,22);1H. The molecule has 1 unspecified atom stereocenters. The number of ether oxygens (including phenoxy) is 1. The van der Waals surface area contributed by atoms with E-state index >= 15 is 0 Å². The highest BCUT2D eigenvalue weighted by atomic mass is 127. The summed E-state index contributed by atoms with van der Waals surface area (Å²) >= 11 is 0. The Labute approximate surface area is 168 Å². The highest BCUT2D eigenvalue weighted by molar-refractivity contribution is 14.0. The molecule has 2 N–H and O–H groups in total. The number of aliphatic imine (C=N–C) groups is 1. The van der Waals surface area contributed by atoms with Crippen molar-refractivity contribution in [3.05, 3.63) is 24.2 Å². The van der Waals surface area contributed by atoms with E-state index in [4.69, 9.17) is 14.1 Å². The third-order valence-corrected chi connectivity index (χ3v) is 5.09. The Morgan fingerprint density at radius 1 is 1.36 bits per heavy atom. The summed E-state index contributed by atoms with van der Waals surface area (Å²) in [6, 6.07) is 4.41. The Balaban J connectivity index is 0.00000225. The van der Waals surface area contributed by atoms with Crippen LogP contribution >= 0.6 is 24.0 Å². The van der Waals surface area contributed by atoms with Gasteiger partial charge in [-0.15, -0.1) is 24.0 Å². The van der Waals surface area contributed by atoms with Crippen LogP contribution in [0.15, 0.2) is 27.8 Å². The van der Waals surface area contributed by atoms with E-state index in [-0.39, 0.29) is 29.6 Å². The number of nitrogens with one attached hydrogen (secondary N) is 2. The van der Waals surface area contributed by atoms with Crippen molar-refractivity contribution >= 4 is 29.9 Å². The first-order valence-electron chi connectivity index (χ1n) is 9.51. The molecule has 2 aliphatic rings. The topological polar surface area (TPSA) is 58.8 Å². The lowest BCUT2D eigenvalue weighted by Gasteiger charge is -2.39. The Kier molecular flexibility index (Phi) is 8.55. The predicted molar refractivity (Wildman–Crippen MR) is 112 cm³/mol. The van der Waals surface area contributed by atoms with E-state index in [1.807, 2.05) is 12.1 Å².